The summed E-state index contributed by atoms with van der Waals surface area (Å²) in [7, 11) is 1.32. The summed E-state index contributed by atoms with van der Waals surface area (Å²) in [6.45, 7) is 3.77. The van der Waals surface area contributed by atoms with E-state index in [2.05, 4.69) is 10.5 Å². The van der Waals surface area contributed by atoms with Crippen LogP contribution in [-0.4, -0.2) is 24.7 Å². The predicted octanol–water partition coefficient (Wildman–Crippen LogP) is 3.15. The first-order chi connectivity index (χ1) is 12.0. The zero-order chi connectivity index (χ0) is 18.0. The maximum atomic E-state index is 12.2. The van der Waals surface area contributed by atoms with Gasteiger partial charge in [-0.1, -0.05) is 17.7 Å². The van der Waals surface area contributed by atoms with Gasteiger partial charge in [0.05, 0.1) is 12.8 Å². The van der Waals surface area contributed by atoms with E-state index < -0.39 is 5.97 Å². The Bertz CT molecular complexity index is 847. The number of rotatable bonds is 3. The number of nitrogens with zero attached hydrogens (tertiary/aromatic N) is 1. The highest BCUT2D eigenvalue weighted by atomic mass is 16.5. The van der Waals surface area contributed by atoms with Gasteiger partial charge in [0, 0.05) is 23.1 Å². The van der Waals surface area contributed by atoms with Gasteiger partial charge in [-0.2, -0.15) is 5.10 Å². The Hall–Kier alpha value is -2.89. The molecule has 0 saturated heterocycles. The van der Waals surface area contributed by atoms with E-state index in [0.717, 1.165) is 29.7 Å². The molecule has 25 heavy (non-hydrogen) atoms. The lowest BCUT2D eigenvalue weighted by atomic mass is 9.93. The normalized spacial score (nSPS) is 14.9. The first-order valence-electron chi connectivity index (χ1n) is 8.15. The molecule has 1 aromatic heterocycles. The number of hydrogen-bond donors (Lipinski definition) is 1. The number of hydrogen-bond acceptors (Lipinski definition) is 5. The van der Waals surface area contributed by atoms with Crippen molar-refractivity contribution in [2.24, 2.45) is 5.10 Å². The van der Waals surface area contributed by atoms with Gasteiger partial charge >= 0.3 is 5.97 Å². The summed E-state index contributed by atoms with van der Waals surface area (Å²) in [5.74, 6) is 0.142. The second-order valence-electron chi connectivity index (χ2n) is 6.06. The third-order valence-electron chi connectivity index (χ3n) is 4.30. The molecule has 130 valence electrons. The molecule has 0 saturated carbocycles. The zero-order valence-corrected chi connectivity index (χ0v) is 14.5. The minimum Gasteiger partial charge on any atom is -0.463 e. The van der Waals surface area contributed by atoms with Gasteiger partial charge in [0.2, 0.25) is 5.76 Å². The van der Waals surface area contributed by atoms with Crippen molar-refractivity contribution in [3.63, 3.8) is 0 Å². The first-order valence-corrected chi connectivity index (χ1v) is 8.15. The molecule has 0 spiro atoms. The standard InChI is InChI=1S/C19H20N2O4/c1-11-7-9-13(10-8-11)18(22)21-20-14-5-4-6-15-16(14)12(2)17(25-15)19(23)24-3/h7-10H,4-6H2,1-3H3,(H,21,22)/b20-14+. The number of aryl methyl sites for hydroxylation is 2. The summed E-state index contributed by atoms with van der Waals surface area (Å²) in [5.41, 5.74) is 6.45. The molecule has 0 fully saturated rings. The van der Waals surface area contributed by atoms with Crippen LogP contribution in [0, 0.1) is 13.8 Å². The van der Waals surface area contributed by atoms with Crippen LogP contribution in [0.3, 0.4) is 0 Å². The average molecular weight is 340 g/mol. The SMILES string of the molecule is COC(=O)c1oc2c(c1C)/C(=N/NC(=O)c1ccc(C)cc1)CCC2. The van der Waals surface area contributed by atoms with Crippen molar-refractivity contribution < 1.29 is 18.7 Å². The molecule has 1 aliphatic carbocycles. The molecule has 1 amide bonds. The van der Waals surface area contributed by atoms with Crippen LogP contribution in [0.1, 0.15) is 56.2 Å². The lowest BCUT2D eigenvalue weighted by Crippen LogP contribution is -2.22. The molecule has 0 unspecified atom stereocenters. The molecule has 1 heterocycles. The van der Waals surface area contributed by atoms with Crippen LogP contribution in [0.5, 0.6) is 0 Å². The molecule has 6 heteroatoms. The van der Waals surface area contributed by atoms with E-state index in [1.54, 1.807) is 19.1 Å². The average Bonchev–Trinajstić information content (AvgIpc) is 2.97. The number of carbonyl (C=O) groups excluding carboxylic acids is 2. The fourth-order valence-electron chi connectivity index (χ4n) is 2.96. The van der Waals surface area contributed by atoms with E-state index in [1.807, 2.05) is 19.1 Å². The molecule has 0 bridgehead atoms. The summed E-state index contributed by atoms with van der Waals surface area (Å²) in [6, 6.07) is 7.28. The highest BCUT2D eigenvalue weighted by molar-refractivity contribution is 6.06. The summed E-state index contributed by atoms with van der Waals surface area (Å²) in [4.78, 5) is 24.1. The summed E-state index contributed by atoms with van der Waals surface area (Å²) >= 11 is 0. The number of methoxy groups -OCH3 is 1. The van der Waals surface area contributed by atoms with Crippen LogP contribution in [0.4, 0.5) is 0 Å². The first kappa shape index (κ1) is 17.0. The number of nitrogens with one attached hydrogen (secondary N) is 1. The molecule has 0 radical (unpaired) electrons. The maximum absolute atomic E-state index is 12.2. The molecule has 1 N–H and O–H groups in total. The maximum Gasteiger partial charge on any atom is 0.374 e. The number of fused-ring (bicyclic) bond motifs is 1. The molecule has 2 aromatic rings. The van der Waals surface area contributed by atoms with Gasteiger partial charge in [0.25, 0.3) is 5.91 Å². The highest BCUT2D eigenvalue weighted by Gasteiger charge is 2.28. The number of carbonyl (C=O) groups is 2. The van der Waals surface area contributed by atoms with Crippen molar-refractivity contribution in [3.8, 4) is 0 Å². The Kier molecular flexibility index (Phi) is 4.70. The Morgan fingerprint density at radius 3 is 2.56 bits per heavy atom. The number of benzene rings is 1. The minimum absolute atomic E-state index is 0.201. The fourth-order valence-corrected chi connectivity index (χ4v) is 2.96. The quantitative estimate of drug-likeness (QED) is 0.687. The number of furan rings is 1. The van der Waals surface area contributed by atoms with E-state index in [1.165, 1.54) is 7.11 Å². The van der Waals surface area contributed by atoms with Crippen LogP contribution in [0.15, 0.2) is 33.8 Å². The summed E-state index contributed by atoms with van der Waals surface area (Å²) in [6.07, 6.45) is 2.29. The van der Waals surface area contributed by atoms with Crippen molar-refractivity contribution in [1.82, 2.24) is 5.43 Å². The van der Waals surface area contributed by atoms with Gasteiger partial charge in [0.1, 0.15) is 5.76 Å². The Morgan fingerprint density at radius 1 is 1.16 bits per heavy atom. The van der Waals surface area contributed by atoms with Crippen LogP contribution in [0.2, 0.25) is 0 Å². The Balaban J connectivity index is 1.86. The number of hydrazone groups is 1. The van der Waals surface area contributed by atoms with E-state index in [9.17, 15) is 9.59 Å². The van der Waals surface area contributed by atoms with Gasteiger partial charge in [0.15, 0.2) is 0 Å². The fraction of sp³-hybridized carbons (Fsp3) is 0.316. The van der Waals surface area contributed by atoms with Gasteiger partial charge in [-0.3, -0.25) is 4.79 Å². The number of esters is 1. The number of ether oxygens (including phenoxy) is 1. The molecule has 6 nitrogen and oxygen atoms in total. The summed E-state index contributed by atoms with van der Waals surface area (Å²) < 4.78 is 10.4. The van der Waals surface area contributed by atoms with Crippen LogP contribution >= 0.6 is 0 Å². The molecule has 3 rings (SSSR count). The lowest BCUT2D eigenvalue weighted by Gasteiger charge is -2.13. The lowest BCUT2D eigenvalue weighted by molar-refractivity contribution is 0.0561. The van der Waals surface area contributed by atoms with Crippen molar-refractivity contribution >= 4 is 17.6 Å². The van der Waals surface area contributed by atoms with Crippen molar-refractivity contribution in [1.29, 1.82) is 0 Å². The third kappa shape index (κ3) is 3.33. The monoisotopic (exact) mass is 340 g/mol. The van der Waals surface area contributed by atoms with Gasteiger partial charge < -0.3 is 9.15 Å². The van der Waals surface area contributed by atoms with Crippen molar-refractivity contribution in [2.45, 2.75) is 33.1 Å². The second kappa shape index (κ2) is 6.93. The van der Waals surface area contributed by atoms with Crippen LogP contribution in [0.25, 0.3) is 0 Å². The molecule has 0 aliphatic heterocycles. The minimum atomic E-state index is -0.505. The van der Waals surface area contributed by atoms with E-state index in [4.69, 9.17) is 9.15 Å². The van der Waals surface area contributed by atoms with Crippen LogP contribution in [-0.2, 0) is 11.2 Å². The highest BCUT2D eigenvalue weighted by Crippen LogP contribution is 2.30. The van der Waals surface area contributed by atoms with E-state index in [0.29, 0.717) is 23.3 Å². The smallest absolute Gasteiger partial charge is 0.374 e. The van der Waals surface area contributed by atoms with E-state index >= 15 is 0 Å². The molecular weight excluding hydrogens is 320 g/mol. The largest absolute Gasteiger partial charge is 0.463 e. The topological polar surface area (TPSA) is 80.9 Å². The molecule has 1 aromatic carbocycles. The van der Waals surface area contributed by atoms with E-state index in [-0.39, 0.29) is 11.7 Å². The number of amides is 1. The van der Waals surface area contributed by atoms with Crippen molar-refractivity contribution in [2.75, 3.05) is 7.11 Å². The van der Waals surface area contributed by atoms with Gasteiger partial charge in [-0.25, -0.2) is 10.2 Å². The summed E-state index contributed by atoms with van der Waals surface area (Å²) in [5, 5.41) is 4.29. The second-order valence-corrected chi connectivity index (χ2v) is 6.06. The molecular formula is C19H20N2O4. The van der Waals surface area contributed by atoms with Gasteiger partial charge in [-0.15, -0.1) is 0 Å². The van der Waals surface area contributed by atoms with Crippen LogP contribution < -0.4 is 5.43 Å². The third-order valence-corrected chi connectivity index (χ3v) is 4.30. The zero-order valence-electron chi connectivity index (χ0n) is 14.5. The van der Waals surface area contributed by atoms with Crippen molar-refractivity contribution in [3.05, 3.63) is 58.0 Å². The molecule has 0 atom stereocenters. The van der Waals surface area contributed by atoms with Gasteiger partial charge in [-0.05, 0) is 38.8 Å². The Morgan fingerprint density at radius 2 is 1.88 bits per heavy atom. The predicted molar refractivity (Wildman–Crippen MR) is 92.9 cm³/mol. The Labute approximate surface area is 145 Å². The molecule has 1 aliphatic rings.